The molecule has 1 saturated heterocycles. The molecule has 7 heteroatoms. The normalized spacial score (nSPS) is 19.2. The van der Waals surface area contributed by atoms with Crippen molar-refractivity contribution >= 4 is 34.9 Å². The number of hydrogen-bond donors (Lipinski definition) is 2. The van der Waals surface area contributed by atoms with Crippen LogP contribution in [0, 0.1) is 0 Å². The number of nitrogens with one attached hydrogen (secondary N) is 1. The average Bonchev–Trinajstić information content (AvgIpc) is 2.82. The fourth-order valence-electron chi connectivity index (χ4n) is 2.60. The Bertz CT molecular complexity index is 509. The van der Waals surface area contributed by atoms with Gasteiger partial charge in [-0.15, -0.1) is 0 Å². The van der Waals surface area contributed by atoms with E-state index in [0.29, 0.717) is 18.4 Å². The predicted molar refractivity (Wildman–Crippen MR) is 81.5 cm³/mol. The molecule has 0 aromatic carbocycles. The lowest BCUT2D eigenvalue weighted by atomic mass is 10.2. The van der Waals surface area contributed by atoms with Crippen LogP contribution in [-0.4, -0.2) is 41.5 Å². The summed E-state index contributed by atoms with van der Waals surface area (Å²) >= 11 is 11.9. The smallest absolute Gasteiger partial charge is 0.253 e. The van der Waals surface area contributed by atoms with Crippen molar-refractivity contribution in [3.8, 4) is 0 Å². The molecule has 1 atom stereocenters. The molecule has 1 aromatic rings. The van der Waals surface area contributed by atoms with E-state index in [1.165, 1.54) is 12.5 Å². The van der Waals surface area contributed by atoms with E-state index in [9.17, 15) is 4.79 Å². The number of halogens is 2. The monoisotopic (exact) mass is 316 g/mol. The lowest BCUT2D eigenvalue weighted by Crippen LogP contribution is -2.35. The fourth-order valence-corrected chi connectivity index (χ4v) is 3.14. The van der Waals surface area contributed by atoms with Crippen LogP contribution in [0.1, 0.15) is 30.1 Å². The highest BCUT2D eigenvalue weighted by Gasteiger charge is 2.24. The van der Waals surface area contributed by atoms with Gasteiger partial charge in [0.05, 0.1) is 5.02 Å². The van der Waals surface area contributed by atoms with Crippen LogP contribution in [0.25, 0.3) is 0 Å². The maximum absolute atomic E-state index is 11.5. The van der Waals surface area contributed by atoms with Crippen molar-refractivity contribution in [2.24, 2.45) is 5.73 Å². The van der Waals surface area contributed by atoms with Crippen LogP contribution in [0.15, 0.2) is 6.07 Å². The second-order valence-electron chi connectivity index (χ2n) is 4.82. The molecule has 1 fully saturated rings. The Morgan fingerprint density at radius 1 is 1.60 bits per heavy atom. The number of aromatic nitrogens is 1. The molecule has 1 aliphatic rings. The number of likely N-dealkylation sites (N-methyl/N-ethyl adjacent to an activating group) is 1. The van der Waals surface area contributed by atoms with E-state index in [4.69, 9.17) is 28.9 Å². The first-order valence-electron chi connectivity index (χ1n) is 6.66. The van der Waals surface area contributed by atoms with Gasteiger partial charge in [-0.25, -0.2) is 4.98 Å². The zero-order valence-corrected chi connectivity index (χ0v) is 12.8. The Balaban J connectivity index is 2.14. The molecule has 20 heavy (non-hydrogen) atoms. The van der Waals surface area contributed by atoms with Crippen LogP contribution in [0.4, 0.5) is 5.82 Å². The van der Waals surface area contributed by atoms with Crippen molar-refractivity contribution in [2.75, 3.05) is 25.0 Å². The van der Waals surface area contributed by atoms with E-state index in [-0.39, 0.29) is 15.7 Å². The Kier molecular flexibility index (Phi) is 5.07. The number of carbonyl (C=O) groups is 1. The van der Waals surface area contributed by atoms with Crippen molar-refractivity contribution in [3.05, 3.63) is 21.8 Å². The zero-order chi connectivity index (χ0) is 14.7. The van der Waals surface area contributed by atoms with Crippen LogP contribution in [0.3, 0.4) is 0 Å². The summed E-state index contributed by atoms with van der Waals surface area (Å²) in [5.74, 6) is -0.251. The highest BCUT2D eigenvalue weighted by molar-refractivity contribution is 6.36. The molecule has 110 valence electrons. The maximum atomic E-state index is 11.5. The molecule has 5 nitrogen and oxygen atoms in total. The van der Waals surface area contributed by atoms with Gasteiger partial charge in [-0.2, -0.15) is 0 Å². The fraction of sp³-hybridized carbons (Fsp3) is 0.538. The maximum Gasteiger partial charge on any atom is 0.253 e. The third kappa shape index (κ3) is 3.34. The Morgan fingerprint density at radius 2 is 2.35 bits per heavy atom. The summed E-state index contributed by atoms with van der Waals surface area (Å²) in [4.78, 5) is 18.0. The van der Waals surface area contributed by atoms with Crippen LogP contribution in [0.5, 0.6) is 0 Å². The van der Waals surface area contributed by atoms with Crippen molar-refractivity contribution in [1.29, 1.82) is 0 Å². The first-order valence-corrected chi connectivity index (χ1v) is 7.42. The van der Waals surface area contributed by atoms with Crippen LogP contribution in [0.2, 0.25) is 10.2 Å². The molecular formula is C13H18Cl2N4O. The van der Waals surface area contributed by atoms with Crippen molar-refractivity contribution < 1.29 is 4.79 Å². The summed E-state index contributed by atoms with van der Waals surface area (Å²) in [6, 6.07) is 1.85. The number of hydrogen-bond acceptors (Lipinski definition) is 4. The second-order valence-corrected chi connectivity index (χ2v) is 5.61. The van der Waals surface area contributed by atoms with Crippen molar-refractivity contribution in [1.82, 2.24) is 9.88 Å². The van der Waals surface area contributed by atoms with E-state index in [1.54, 1.807) is 0 Å². The van der Waals surface area contributed by atoms with Gasteiger partial charge in [0, 0.05) is 12.6 Å². The van der Waals surface area contributed by atoms with Crippen LogP contribution in [-0.2, 0) is 0 Å². The quantitative estimate of drug-likeness (QED) is 0.818. The van der Waals surface area contributed by atoms with Gasteiger partial charge in [0.2, 0.25) is 0 Å². The number of pyridine rings is 1. The van der Waals surface area contributed by atoms with Gasteiger partial charge in [-0.05, 0) is 32.0 Å². The number of carbonyl (C=O) groups excluding carboxylic acids is 1. The predicted octanol–water partition coefficient (Wildman–Crippen LogP) is 2.38. The zero-order valence-electron chi connectivity index (χ0n) is 11.3. The van der Waals surface area contributed by atoms with Crippen molar-refractivity contribution in [2.45, 2.75) is 25.8 Å². The number of likely N-dealkylation sites (tertiary alicyclic amines) is 1. The average molecular weight is 317 g/mol. The van der Waals surface area contributed by atoms with Gasteiger partial charge >= 0.3 is 0 Å². The van der Waals surface area contributed by atoms with E-state index < -0.39 is 5.91 Å². The number of rotatable bonds is 5. The minimum Gasteiger partial charge on any atom is -0.368 e. The molecule has 3 N–H and O–H groups in total. The summed E-state index contributed by atoms with van der Waals surface area (Å²) in [7, 11) is 0. The van der Waals surface area contributed by atoms with Crippen LogP contribution < -0.4 is 11.1 Å². The topological polar surface area (TPSA) is 71.2 Å². The van der Waals surface area contributed by atoms with E-state index in [1.807, 2.05) is 0 Å². The van der Waals surface area contributed by atoms with E-state index in [0.717, 1.165) is 19.5 Å². The summed E-state index contributed by atoms with van der Waals surface area (Å²) in [5, 5.41) is 3.62. The van der Waals surface area contributed by atoms with Crippen molar-refractivity contribution in [3.63, 3.8) is 0 Å². The summed E-state index contributed by atoms with van der Waals surface area (Å²) < 4.78 is 0. The molecular weight excluding hydrogens is 299 g/mol. The summed E-state index contributed by atoms with van der Waals surface area (Å²) in [5.41, 5.74) is 5.54. The standard InChI is InChI=1S/C13H18Cl2N4O/c1-2-19-5-3-4-8(19)7-17-13-11(12(16)20)9(14)6-10(15)18-13/h6,8H,2-5,7H2,1H3,(H2,16,20)(H,17,18)/t8-/m0/s1. The lowest BCUT2D eigenvalue weighted by Gasteiger charge is -2.23. The molecule has 0 unspecified atom stereocenters. The SMILES string of the molecule is CCN1CCC[C@H]1CNc1nc(Cl)cc(Cl)c1C(N)=O. The molecule has 2 heterocycles. The van der Waals surface area contributed by atoms with Gasteiger partial charge in [0.1, 0.15) is 16.5 Å². The molecule has 2 rings (SSSR count). The van der Waals surface area contributed by atoms with Gasteiger partial charge in [0.25, 0.3) is 5.91 Å². The first kappa shape index (κ1) is 15.4. The lowest BCUT2D eigenvalue weighted by molar-refractivity contribution is 0.100. The van der Waals surface area contributed by atoms with Gasteiger partial charge in [-0.3, -0.25) is 9.69 Å². The minimum absolute atomic E-state index is 0.192. The number of nitrogens with two attached hydrogens (primary N) is 1. The van der Waals surface area contributed by atoms with E-state index >= 15 is 0 Å². The number of nitrogens with zero attached hydrogens (tertiary/aromatic N) is 2. The van der Waals surface area contributed by atoms with Gasteiger partial charge < -0.3 is 11.1 Å². The van der Waals surface area contributed by atoms with Gasteiger partial charge in [-0.1, -0.05) is 30.1 Å². The Labute approximate surface area is 128 Å². The molecule has 1 aromatic heterocycles. The Hall–Kier alpha value is -1.04. The molecule has 0 radical (unpaired) electrons. The summed E-state index contributed by atoms with van der Waals surface area (Å²) in [6.45, 7) is 4.95. The molecule has 0 saturated carbocycles. The minimum atomic E-state index is -0.611. The second kappa shape index (κ2) is 6.61. The highest BCUT2D eigenvalue weighted by Crippen LogP contribution is 2.26. The first-order chi connectivity index (χ1) is 9.52. The molecule has 0 aliphatic carbocycles. The van der Waals surface area contributed by atoms with Crippen LogP contribution >= 0.6 is 23.2 Å². The third-order valence-corrected chi connectivity index (χ3v) is 4.09. The van der Waals surface area contributed by atoms with Gasteiger partial charge in [0.15, 0.2) is 0 Å². The molecule has 0 bridgehead atoms. The number of primary amides is 1. The molecule has 1 amide bonds. The Morgan fingerprint density at radius 3 is 3.00 bits per heavy atom. The third-order valence-electron chi connectivity index (χ3n) is 3.60. The number of amides is 1. The summed E-state index contributed by atoms with van der Waals surface area (Å²) in [6.07, 6.45) is 2.31. The van der Waals surface area contributed by atoms with E-state index in [2.05, 4.69) is 22.1 Å². The highest BCUT2D eigenvalue weighted by atomic mass is 35.5. The largest absolute Gasteiger partial charge is 0.368 e. The molecule has 1 aliphatic heterocycles. The molecule has 0 spiro atoms. The number of anilines is 1.